The van der Waals surface area contributed by atoms with Crippen LogP contribution in [0.1, 0.15) is 71.3 Å². The quantitative estimate of drug-likeness (QED) is 0.771. The maximum absolute atomic E-state index is 15.1. The van der Waals surface area contributed by atoms with Gasteiger partial charge in [-0.3, -0.25) is 34.3 Å². The third-order valence-electron chi connectivity index (χ3n) is 5.06. The lowest BCUT2D eigenvalue weighted by molar-refractivity contribution is -0.136. The summed E-state index contributed by atoms with van der Waals surface area (Å²) in [5.41, 5.74) is -1.76. The van der Waals surface area contributed by atoms with Crippen LogP contribution in [-0.2, 0) is 9.59 Å². The monoisotopic (exact) mass is 391 g/mol. The standard InChI is InChI=1S/C20H22FN3O4/c1-20(2,3)23-8-10(9-23)11-6-12-13(7-14(11)21)19(28)24(18(12)27)15-4-5-16(25)22-17(15)26/h6-7,10,15H,4-5,8-9H2,1-3H3,(H,22,25,26)/t15-/m1/s1/i8D2,9D2. The van der Waals surface area contributed by atoms with Gasteiger partial charge in [0, 0.05) is 36.4 Å². The fourth-order valence-corrected chi connectivity index (χ4v) is 3.51. The fraction of sp³-hybridized carbons (Fsp3) is 0.500. The van der Waals surface area contributed by atoms with Gasteiger partial charge in [0.25, 0.3) is 11.8 Å². The van der Waals surface area contributed by atoms with Gasteiger partial charge in [-0.15, -0.1) is 0 Å². The highest BCUT2D eigenvalue weighted by molar-refractivity contribution is 6.23. The van der Waals surface area contributed by atoms with Crippen molar-refractivity contribution in [3.63, 3.8) is 0 Å². The van der Waals surface area contributed by atoms with Gasteiger partial charge in [-0.2, -0.15) is 0 Å². The SMILES string of the molecule is [2H]C1([2H])C(c2cc3c(cc2F)C(=O)N([C@@H]2CCC(=O)NC2=O)C3=O)C([2H])([2H])N1C(C)(C)C. The lowest BCUT2D eigenvalue weighted by Gasteiger charge is -2.48. The van der Waals surface area contributed by atoms with Crippen LogP contribution in [-0.4, -0.2) is 58.0 Å². The maximum Gasteiger partial charge on any atom is 0.262 e. The van der Waals surface area contributed by atoms with Crippen LogP contribution in [0.25, 0.3) is 0 Å². The minimum atomic E-state index is -2.26. The Morgan fingerprint density at radius 1 is 1.11 bits per heavy atom. The molecule has 0 radical (unpaired) electrons. The first kappa shape index (κ1) is 14.4. The van der Waals surface area contributed by atoms with E-state index in [2.05, 4.69) is 5.32 Å². The first-order valence-corrected chi connectivity index (χ1v) is 8.95. The number of carbonyl (C=O) groups is 4. The van der Waals surface area contributed by atoms with Crippen LogP contribution >= 0.6 is 0 Å². The number of rotatable bonds is 2. The average Bonchev–Trinajstić information content (AvgIpc) is 2.83. The molecule has 0 aliphatic carbocycles. The van der Waals surface area contributed by atoms with Crippen LogP contribution in [0.3, 0.4) is 0 Å². The van der Waals surface area contributed by atoms with Gasteiger partial charge in [0.1, 0.15) is 11.9 Å². The van der Waals surface area contributed by atoms with Gasteiger partial charge < -0.3 is 0 Å². The number of carbonyl (C=O) groups excluding carboxylic acids is 4. The molecule has 1 aromatic rings. The number of piperidine rings is 1. The molecule has 3 heterocycles. The first-order valence-electron chi connectivity index (χ1n) is 11.0. The summed E-state index contributed by atoms with van der Waals surface area (Å²) >= 11 is 0. The molecule has 8 heteroatoms. The molecular weight excluding hydrogens is 365 g/mol. The molecule has 1 atom stereocenters. The molecule has 0 bridgehead atoms. The Hall–Kier alpha value is -2.61. The third kappa shape index (κ3) is 2.83. The van der Waals surface area contributed by atoms with E-state index in [1.807, 2.05) is 0 Å². The Morgan fingerprint density at radius 2 is 1.71 bits per heavy atom. The van der Waals surface area contributed by atoms with Crippen molar-refractivity contribution >= 4 is 23.6 Å². The smallest absolute Gasteiger partial charge is 0.262 e. The van der Waals surface area contributed by atoms with E-state index in [0.717, 1.165) is 17.0 Å². The van der Waals surface area contributed by atoms with Gasteiger partial charge in [-0.1, -0.05) is 0 Å². The van der Waals surface area contributed by atoms with E-state index < -0.39 is 59.9 Å². The minimum Gasteiger partial charge on any atom is -0.297 e. The van der Waals surface area contributed by atoms with Gasteiger partial charge in [0.2, 0.25) is 11.8 Å². The lowest BCUT2D eigenvalue weighted by Crippen LogP contribution is -2.54. The number of halogens is 1. The molecule has 4 rings (SSSR count). The summed E-state index contributed by atoms with van der Waals surface area (Å²) in [6.07, 6.45) is -0.117. The van der Waals surface area contributed by atoms with Crippen LogP contribution in [0.15, 0.2) is 12.1 Å². The summed E-state index contributed by atoms with van der Waals surface area (Å²) in [6.45, 7) is 0.394. The van der Waals surface area contributed by atoms with Crippen molar-refractivity contribution in [2.75, 3.05) is 13.0 Å². The highest BCUT2D eigenvalue weighted by Crippen LogP contribution is 2.37. The van der Waals surface area contributed by atoms with Crippen molar-refractivity contribution in [1.29, 1.82) is 0 Å². The molecule has 3 aliphatic rings. The highest BCUT2D eigenvalue weighted by Gasteiger charge is 2.46. The second-order valence-corrected chi connectivity index (χ2v) is 8.06. The number of nitrogens with zero attached hydrogens (tertiary/aromatic N) is 2. The molecule has 2 saturated heterocycles. The van der Waals surface area contributed by atoms with E-state index in [1.54, 1.807) is 20.8 Å². The maximum atomic E-state index is 15.1. The van der Waals surface area contributed by atoms with Crippen molar-refractivity contribution < 1.29 is 29.1 Å². The van der Waals surface area contributed by atoms with Crippen molar-refractivity contribution in [1.82, 2.24) is 15.1 Å². The molecule has 148 valence electrons. The summed E-state index contributed by atoms with van der Waals surface area (Å²) in [5, 5.41) is 2.07. The van der Waals surface area contributed by atoms with Crippen LogP contribution in [0.5, 0.6) is 0 Å². The molecule has 0 spiro atoms. The van der Waals surface area contributed by atoms with Crippen LogP contribution in [0.2, 0.25) is 0 Å². The zero-order valence-corrected chi connectivity index (χ0v) is 15.6. The number of hydrogen-bond acceptors (Lipinski definition) is 5. The van der Waals surface area contributed by atoms with Crippen LogP contribution < -0.4 is 5.32 Å². The second kappa shape index (κ2) is 6.20. The summed E-state index contributed by atoms with van der Waals surface area (Å²) in [7, 11) is 0. The molecule has 28 heavy (non-hydrogen) atoms. The van der Waals surface area contributed by atoms with E-state index in [4.69, 9.17) is 5.48 Å². The predicted molar refractivity (Wildman–Crippen MR) is 97.1 cm³/mol. The van der Waals surface area contributed by atoms with Gasteiger partial charge in [0.05, 0.1) is 11.1 Å². The molecule has 2 fully saturated rings. The Balaban J connectivity index is 1.74. The Morgan fingerprint density at radius 3 is 2.29 bits per heavy atom. The highest BCUT2D eigenvalue weighted by atomic mass is 19.1. The van der Waals surface area contributed by atoms with Gasteiger partial charge in [-0.05, 0) is 44.9 Å². The van der Waals surface area contributed by atoms with Gasteiger partial charge in [-0.25, -0.2) is 4.39 Å². The van der Waals surface area contributed by atoms with Crippen molar-refractivity contribution in [2.24, 2.45) is 0 Å². The fourth-order valence-electron chi connectivity index (χ4n) is 3.51. The molecule has 1 aromatic carbocycles. The van der Waals surface area contributed by atoms with E-state index in [-0.39, 0.29) is 29.5 Å². The van der Waals surface area contributed by atoms with Crippen LogP contribution in [0, 0.1) is 5.82 Å². The predicted octanol–water partition coefficient (Wildman–Crippen LogP) is 1.42. The number of benzene rings is 1. The Bertz CT molecular complexity index is 1070. The number of fused-ring (bicyclic) bond motifs is 1. The van der Waals surface area contributed by atoms with Gasteiger partial charge >= 0.3 is 0 Å². The molecule has 4 amide bonds. The molecule has 7 nitrogen and oxygen atoms in total. The molecule has 0 unspecified atom stereocenters. The van der Waals surface area contributed by atoms with Crippen molar-refractivity contribution in [3.05, 3.63) is 34.6 Å². The zero-order chi connectivity index (χ0) is 24.0. The zero-order valence-electron chi connectivity index (χ0n) is 19.6. The first-order chi connectivity index (χ1) is 14.6. The normalized spacial score (nSPS) is 29.4. The van der Waals surface area contributed by atoms with Crippen molar-refractivity contribution in [3.8, 4) is 0 Å². The second-order valence-electron chi connectivity index (χ2n) is 8.06. The number of hydrogen-bond donors (Lipinski definition) is 1. The number of likely N-dealkylation sites (tertiary alicyclic amines) is 1. The molecule has 1 N–H and O–H groups in total. The van der Waals surface area contributed by atoms with E-state index >= 15 is 4.39 Å². The van der Waals surface area contributed by atoms with Crippen LogP contribution in [0.4, 0.5) is 4.39 Å². The molecular formula is C20H22FN3O4. The van der Waals surface area contributed by atoms with E-state index in [1.165, 1.54) is 0 Å². The van der Waals surface area contributed by atoms with E-state index in [0.29, 0.717) is 4.90 Å². The topological polar surface area (TPSA) is 86.8 Å². The Kier molecular flexibility index (Phi) is 3.19. The summed E-state index contributed by atoms with van der Waals surface area (Å²) in [6, 6.07) is 0.587. The van der Waals surface area contributed by atoms with Crippen molar-refractivity contribution in [2.45, 2.75) is 51.1 Å². The number of amides is 4. The summed E-state index contributed by atoms with van der Waals surface area (Å²) in [4.78, 5) is 51.1. The average molecular weight is 391 g/mol. The number of nitrogens with one attached hydrogen (secondary N) is 1. The largest absolute Gasteiger partial charge is 0.297 e. The lowest BCUT2D eigenvalue weighted by atomic mass is 9.85. The molecule has 3 aliphatic heterocycles. The molecule has 0 saturated carbocycles. The third-order valence-corrected chi connectivity index (χ3v) is 5.06. The van der Waals surface area contributed by atoms with Gasteiger partial charge in [0.15, 0.2) is 0 Å². The summed E-state index contributed by atoms with van der Waals surface area (Å²) in [5.74, 6) is -5.64. The summed E-state index contributed by atoms with van der Waals surface area (Å²) < 4.78 is 48.7. The van der Waals surface area contributed by atoms with E-state index in [9.17, 15) is 19.2 Å². The Labute approximate surface area is 167 Å². The minimum absolute atomic E-state index is 0.0558. The molecule has 0 aromatic heterocycles. The number of imide groups is 2.